The number of hydrogen-bond donors (Lipinski definition) is 1. The van der Waals surface area contributed by atoms with E-state index < -0.39 is 0 Å². The number of fused-ring (bicyclic) bond motifs is 1. The minimum Gasteiger partial charge on any atom is -0.494 e. The molecule has 1 heterocycles. The summed E-state index contributed by atoms with van der Waals surface area (Å²) < 4.78 is 12.4. The van der Waals surface area contributed by atoms with Crippen LogP contribution in [0.1, 0.15) is 13.8 Å². The van der Waals surface area contributed by atoms with E-state index in [-0.39, 0.29) is 0 Å². The van der Waals surface area contributed by atoms with Crippen molar-refractivity contribution in [2.75, 3.05) is 18.5 Å². The van der Waals surface area contributed by atoms with Crippen molar-refractivity contribution in [2.24, 2.45) is 0 Å². The van der Waals surface area contributed by atoms with E-state index >= 15 is 0 Å². The molecule has 0 aliphatic rings. The van der Waals surface area contributed by atoms with Gasteiger partial charge < -0.3 is 14.8 Å². The monoisotopic (exact) mass is 387 g/mol. The topological polar surface area (TPSA) is 56.3 Å². The van der Waals surface area contributed by atoms with Crippen molar-refractivity contribution in [3.8, 4) is 11.5 Å². The van der Waals surface area contributed by atoms with Crippen LogP contribution in [0.15, 0.2) is 47.2 Å². The van der Waals surface area contributed by atoms with Gasteiger partial charge in [-0.1, -0.05) is 22.0 Å². The lowest BCUT2D eigenvalue weighted by Gasteiger charge is -2.14. The quantitative estimate of drug-likeness (QED) is 0.649. The number of nitrogens with one attached hydrogen (secondary N) is 1. The molecule has 0 fully saturated rings. The van der Waals surface area contributed by atoms with E-state index in [0.717, 1.165) is 26.8 Å². The van der Waals surface area contributed by atoms with Gasteiger partial charge in [0.1, 0.15) is 23.6 Å². The number of ether oxygens (including phenoxy) is 2. The average molecular weight is 388 g/mol. The van der Waals surface area contributed by atoms with E-state index in [1.807, 2.05) is 50.2 Å². The van der Waals surface area contributed by atoms with Gasteiger partial charge in [0.05, 0.1) is 24.1 Å². The zero-order valence-electron chi connectivity index (χ0n) is 13.5. The highest BCUT2D eigenvalue weighted by atomic mass is 79.9. The van der Waals surface area contributed by atoms with Crippen molar-refractivity contribution in [1.29, 1.82) is 0 Å². The third-order valence-electron chi connectivity index (χ3n) is 3.37. The third kappa shape index (κ3) is 3.59. The SMILES string of the molecule is CCOc1cc(OCC)c2c(Nc3cccc(Br)c3)ncnc2c1. The molecule has 0 atom stereocenters. The average Bonchev–Trinajstić information content (AvgIpc) is 2.55. The van der Waals surface area contributed by atoms with Gasteiger partial charge in [-0.15, -0.1) is 0 Å². The van der Waals surface area contributed by atoms with Crippen LogP contribution >= 0.6 is 15.9 Å². The summed E-state index contributed by atoms with van der Waals surface area (Å²) in [6.45, 7) is 5.04. The Bertz CT molecular complexity index is 855. The maximum absolute atomic E-state index is 5.80. The third-order valence-corrected chi connectivity index (χ3v) is 3.87. The fourth-order valence-corrected chi connectivity index (χ4v) is 2.85. The van der Waals surface area contributed by atoms with Gasteiger partial charge in [0.25, 0.3) is 0 Å². The zero-order valence-corrected chi connectivity index (χ0v) is 15.1. The minimum absolute atomic E-state index is 0.551. The maximum Gasteiger partial charge on any atom is 0.145 e. The lowest BCUT2D eigenvalue weighted by atomic mass is 10.2. The lowest BCUT2D eigenvalue weighted by Crippen LogP contribution is -2.01. The summed E-state index contributed by atoms with van der Waals surface area (Å²) in [7, 11) is 0. The number of nitrogens with zero attached hydrogens (tertiary/aromatic N) is 2. The highest BCUT2D eigenvalue weighted by Crippen LogP contribution is 2.35. The predicted octanol–water partition coefficient (Wildman–Crippen LogP) is 4.93. The van der Waals surface area contributed by atoms with Crippen LogP contribution in [0.25, 0.3) is 10.9 Å². The minimum atomic E-state index is 0.551. The largest absolute Gasteiger partial charge is 0.494 e. The summed E-state index contributed by atoms with van der Waals surface area (Å²) in [6, 6.07) is 11.7. The molecule has 124 valence electrons. The molecule has 0 spiro atoms. The van der Waals surface area contributed by atoms with Gasteiger partial charge in [0, 0.05) is 22.3 Å². The molecule has 0 aliphatic heterocycles. The summed E-state index contributed by atoms with van der Waals surface area (Å²) in [5, 5.41) is 4.17. The van der Waals surface area contributed by atoms with Crippen LogP contribution in [-0.4, -0.2) is 23.2 Å². The Morgan fingerprint density at radius 2 is 1.88 bits per heavy atom. The van der Waals surface area contributed by atoms with Crippen LogP contribution < -0.4 is 14.8 Å². The Kier molecular flexibility index (Phi) is 5.15. The first kappa shape index (κ1) is 16.5. The highest BCUT2D eigenvalue weighted by Gasteiger charge is 2.13. The van der Waals surface area contributed by atoms with Crippen LogP contribution in [0.4, 0.5) is 11.5 Å². The number of rotatable bonds is 6. The Morgan fingerprint density at radius 1 is 1.04 bits per heavy atom. The molecule has 1 N–H and O–H groups in total. The first-order valence-corrected chi connectivity index (χ1v) is 8.57. The fraction of sp³-hybridized carbons (Fsp3) is 0.222. The molecular formula is C18H18BrN3O2. The molecule has 3 aromatic rings. The molecule has 0 radical (unpaired) electrons. The molecule has 1 aromatic heterocycles. The zero-order chi connectivity index (χ0) is 16.9. The second-order valence-electron chi connectivity index (χ2n) is 5.04. The Morgan fingerprint density at radius 3 is 2.62 bits per heavy atom. The van der Waals surface area contributed by atoms with Crippen LogP contribution in [-0.2, 0) is 0 Å². The number of benzene rings is 2. The van der Waals surface area contributed by atoms with E-state index in [4.69, 9.17) is 9.47 Å². The standard InChI is InChI=1S/C18H18BrN3O2/c1-3-23-14-9-15-17(16(10-14)24-4-2)18(21-11-20-15)22-13-7-5-6-12(19)8-13/h5-11H,3-4H2,1-2H3,(H,20,21,22). The van der Waals surface area contributed by atoms with E-state index in [1.54, 1.807) is 0 Å². The van der Waals surface area contributed by atoms with Crippen LogP contribution in [0.5, 0.6) is 11.5 Å². The molecule has 2 aromatic carbocycles. The molecule has 0 saturated heterocycles. The van der Waals surface area contributed by atoms with E-state index in [0.29, 0.717) is 24.8 Å². The van der Waals surface area contributed by atoms with E-state index in [9.17, 15) is 0 Å². The molecule has 0 bridgehead atoms. The smallest absolute Gasteiger partial charge is 0.145 e. The molecular weight excluding hydrogens is 370 g/mol. The molecule has 0 amide bonds. The second kappa shape index (κ2) is 7.49. The first-order valence-electron chi connectivity index (χ1n) is 7.78. The van der Waals surface area contributed by atoms with E-state index in [1.165, 1.54) is 6.33 Å². The molecule has 6 heteroatoms. The summed E-state index contributed by atoms with van der Waals surface area (Å²) in [5.74, 6) is 2.14. The van der Waals surface area contributed by atoms with Gasteiger partial charge in [0.2, 0.25) is 0 Å². The van der Waals surface area contributed by atoms with Crippen molar-refractivity contribution < 1.29 is 9.47 Å². The summed E-state index contributed by atoms with van der Waals surface area (Å²) in [6.07, 6.45) is 1.54. The molecule has 5 nitrogen and oxygen atoms in total. The van der Waals surface area contributed by atoms with Crippen LogP contribution in [0.3, 0.4) is 0 Å². The van der Waals surface area contributed by atoms with E-state index in [2.05, 4.69) is 31.2 Å². The highest BCUT2D eigenvalue weighted by molar-refractivity contribution is 9.10. The number of anilines is 2. The van der Waals surface area contributed by atoms with Crippen molar-refractivity contribution in [2.45, 2.75) is 13.8 Å². The lowest BCUT2D eigenvalue weighted by molar-refractivity contribution is 0.326. The van der Waals surface area contributed by atoms with Crippen molar-refractivity contribution in [1.82, 2.24) is 9.97 Å². The molecule has 0 unspecified atom stereocenters. The van der Waals surface area contributed by atoms with Gasteiger partial charge >= 0.3 is 0 Å². The summed E-state index contributed by atoms with van der Waals surface area (Å²) >= 11 is 3.48. The summed E-state index contributed by atoms with van der Waals surface area (Å²) in [5.41, 5.74) is 1.71. The van der Waals surface area contributed by atoms with Crippen LogP contribution in [0.2, 0.25) is 0 Å². The van der Waals surface area contributed by atoms with Gasteiger partial charge in [-0.2, -0.15) is 0 Å². The molecule has 0 saturated carbocycles. The Hall–Kier alpha value is -2.34. The van der Waals surface area contributed by atoms with Gasteiger partial charge in [-0.3, -0.25) is 0 Å². The van der Waals surface area contributed by atoms with Crippen molar-refractivity contribution >= 4 is 38.3 Å². The molecule has 24 heavy (non-hydrogen) atoms. The van der Waals surface area contributed by atoms with Gasteiger partial charge in [-0.25, -0.2) is 9.97 Å². The van der Waals surface area contributed by atoms with Crippen LogP contribution in [0, 0.1) is 0 Å². The van der Waals surface area contributed by atoms with Crippen molar-refractivity contribution in [3.05, 3.63) is 47.2 Å². The summed E-state index contributed by atoms with van der Waals surface area (Å²) in [4.78, 5) is 8.76. The van der Waals surface area contributed by atoms with Gasteiger partial charge in [-0.05, 0) is 32.0 Å². The molecule has 3 rings (SSSR count). The molecule has 0 aliphatic carbocycles. The Labute approximate surface area is 149 Å². The number of hydrogen-bond acceptors (Lipinski definition) is 5. The Balaban J connectivity index is 2.10. The second-order valence-corrected chi connectivity index (χ2v) is 5.95. The normalized spacial score (nSPS) is 10.6. The maximum atomic E-state index is 5.80. The predicted molar refractivity (Wildman–Crippen MR) is 99.3 cm³/mol. The number of halogens is 1. The first-order chi connectivity index (χ1) is 11.7. The number of aromatic nitrogens is 2. The van der Waals surface area contributed by atoms with Gasteiger partial charge in [0.15, 0.2) is 0 Å². The van der Waals surface area contributed by atoms with Crippen molar-refractivity contribution in [3.63, 3.8) is 0 Å². The fourth-order valence-electron chi connectivity index (χ4n) is 2.45.